The average molecular weight is 487 g/mol. The molecule has 1 aromatic heterocycles. The zero-order valence-corrected chi connectivity index (χ0v) is 21.0. The van der Waals surface area contributed by atoms with Gasteiger partial charge >= 0.3 is 0 Å². The molecular weight excluding hydrogens is 452 g/mol. The normalized spacial score (nSPS) is 12.7. The number of fused-ring (bicyclic) bond motifs is 1. The van der Waals surface area contributed by atoms with Gasteiger partial charge in [0.05, 0.1) is 35.4 Å². The van der Waals surface area contributed by atoms with E-state index >= 15 is 0 Å². The van der Waals surface area contributed by atoms with E-state index in [-0.39, 0.29) is 5.56 Å². The van der Waals surface area contributed by atoms with Gasteiger partial charge in [-0.1, -0.05) is 57.4 Å². The van der Waals surface area contributed by atoms with Crippen molar-refractivity contribution in [2.24, 2.45) is 0 Å². The Balaban J connectivity index is 1.93. The number of unbranched alkanes of at least 4 members (excludes halogenated alkanes) is 2. The fraction of sp³-hybridized carbons (Fsp3) is 0.462. The fourth-order valence-corrected chi connectivity index (χ4v) is 4.66. The number of aromatic nitrogens is 2. The van der Waals surface area contributed by atoms with Gasteiger partial charge in [-0.2, -0.15) is 8.42 Å². The first-order valence-corrected chi connectivity index (χ1v) is 13.8. The number of nitrogens with one attached hydrogen (secondary N) is 1. The summed E-state index contributed by atoms with van der Waals surface area (Å²) in [4.78, 5) is 20.6. The number of H-pyrrole nitrogens is 1. The molecule has 0 radical (unpaired) electrons. The van der Waals surface area contributed by atoms with E-state index in [1.807, 2.05) is 43.3 Å². The van der Waals surface area contributed by atoms with Gasteiger partial charge < -0.3 is 9.72 Å². The van der Waals surface area contributed by atoms with Crippen molar-refractivity contribution in [2.45, 2.75) is 64.9 Å². The molecule has 0 amide bonds. The number of aryl methyl sites for hydroxylation is 1. The molecule has 0 aliphatic carbocycles. The molecular formula is C26H34N2O5S. The number of hydrogen-bond acceptors (Lipinski definition) is 6. The lowest BCUT2D eigenvalue weighted by atomic mass is 10.0. The van der Waals surface area contributed by atoms with E-state index < -0.39 is 16.2 Å². The topological polar surface area (TPSA) is 98.3 Å². The number of aromatic amines is 1. The number of nitrogens with zero attached hydrogens (tertiary/aromatic N) is 1. The number of ether oxygens (including phenoxy) is 1. The van der Waals surface area contributed by atoms with Gasteiger partial charge in [-0.25, -0.2) is 4.98 Å². The van der Waals surface area contributed by atoms with Gasteiger partial charge in [0.1, 0.15) is 11.6 Å². The predicted octanol–water partition coefficient (Wildman–Crippen LogP) is 5.24. The van der Waals surface area contributed by atoms with E-state index in [1.54, 1.807) is 6.07 Å². The second kappa shape index (κ2) is 12.1. The van der Waals surface area contributed by atoms with Crippen molar-refractivity contribution in [3.63, 3.8) is 0 Å². The lowest BCUT2D eigenvalue weighted by Crippen LogP contribution is -2.19. The maximum Gasteiger partial charge on any atom is 0.264 e. The molecule has 0 bridgehead atoms. The summed E-state index contributed by atoms with van der Waals surface area (Å²) in [6, 6.07) is 13.0. The molecule has 1 N–H and O–H groups in total. The summed E-state index contributed by atoms with van der Waals surface area (Å²) in [5.41, 5.74) is 1.99. The van der Waals surface area contributed by atoms with E-state index in [2.05, 4.69) is 11.9 Å². The van der Waals surface area contributed by atoms with Gasteiger partial charge in [0.15, 0.2) is 0 Å². The van der Waals surface area contributed by atoms with Crippen molar-refractivity contribution in [1.82, 2.24) is 9.97 Å². The summed E-state index contributed by atoms with van der Waals surface area (Å²) in [7, 11) is -3.55. The molecule has 3 rings (SSSR count). The number of rotatable bonds is 13. The van der Waals surface area contributed by atoms with Crippen LogP contribution in [0.25, 0.3) is 22.3 Å². The third-order valence-electron chi connectivity index (χ3n) is 5.60. The molecule has 7 nitrogen and oxygen atoms in total. The first kappa shape index (κ1) is 25.9. The van der Waals surface area contributed by atoms with Crippen molar-refractivity contribution in [1.29, 1.82) is 0 Å². The first-order valence-electron chi connectivity index (χ1n) is 11.9. The molecule has 1 atom stereocenters. The van der Waals surface area contributed by atoms with Crippen LogP contribution in [0.2, 0.25) is 0 Å². The number of para-hydroxylation sites is 2. The first-order chi connectivity index (χ1) is 16.3. The van der Waals surface area contributed by atoms with Crippen LogP contribution in [0.4, 0.5) is 0 Å². The Morgan fingerprint density at radius 2 is 1.79 bits per heavy atom. The highest BCUT2D eigenvalue weighted by molar-refractivity contribution is 7.86. The summed E-state index contributed by atoms with van der Waals surface area (Å²) in [6.07, 6.45) is 6.28. The minimum Gasteiger partial charge on any atom is -0.493 e. The van der Waals surface area contributed by atoms with E-state index in [1.165, 1.54) is 0 Å². The highest BCUT2D eigenvalue weighted by Crippen LogP contribution is 2.28. The molecule has 8 heteroatoms. The van der Waals surface area contributed by atoms with E-state index in [0.29, 0.717) is 48.3 Å². The monoisotopic (exact) mass is 486 g/mol. The number of hydrogen-bond donors (Lipinski definition) is 1. The average Bonchev–Trinajstić information content (AvgIpc) is 2.80. The summed E-state index contributed by atoms with van der Waals surface area (Å²) in [5, 5.41) is 0.500. The highest BCUT2D eigenvalue weighted by atomic mass is 32.2. The molecule has 1 heterocycles. The van der Waals surface area contributed by atoms with Crippen molar-refractivity contribution >= 4 is 21.0 Å². The van der Waals surface area contributed by atoms with Crippen LogP contribution in [0.3, 0.4) is 0 Å². The molecule has 3 aromatic rings. The molecule has 184 valence electrons. The van der Waals surface area contributed by atoms with E-state index in [9.17, 15) is 13.2 Å². The van der Waals surface area contributed by atoms with Crippen LogP contribution in [0, 0.1) is 0 Å². The van der Waals surface area contributed by atoms with Gasteiger partial charge in [0.2, 0.25) is 0 Å². The fourth-order valence-electron chi connectivity index (χ4n) is 3.98. The summed E-state index contributed by atoms with van der Waals surface area (Å²) in [6.45, 7) is 4.71. The molecule has 0 aliphatic rings. The van der Waals surface area contributed by atoms with Crippen molar-refractivity contribution in [3.05, 3.63) is 58.4 Å². The second-order valence-corrected chi connectivity index (χ2v) is 10.1. The van der Waals surface area contributed by atoms with Gasteiger partial charge in [-0.15, -0.1) is 0 Å². The zero-order valence-electron chi connectivity index (χ0n) is 20.2. The smallest absolute Gasteiger partial charge is 0.264 e. The van der Waals surface area contributed by atoms with Gasteiger partial charge in [0.25, 0.3) is 15.7 Å². The maximum absolute atomic E-state index is 12.9. The lowest BCUT2D eigenvalue weighted by Gasteiger charge is -2.17. The van der Waals surface area contributed by atoms with Crippen molar-refractivity contribution in [3.8, 4) is 17.1 Å². The Hall–Kier alpha value is -2.71. The molecule has 0 saturated carbocycles. The third-order valence-corrected chi connectivity index (χ3v) is 6.22. The quantitative estimate of drug-likeness (QED) is 0.262. The highest BCUT2D eigenvalue weighted by Gasteiger charge is 2.18. The van der Waals surface area contributed by atoms with E-state index in [0.717, 1.165) is 43.1 Å². The van der Waals surface area contributed by atoms with Crippen LogP contribution in [0.1, 0.15) is 57.9 Å². The van der Waals surface area contributed by atoms with Crippen LogP contribution in [-0.2, 0) is 20.7 Å². The van der Waals surface area contributed by atoms with Gasteiger partial charge in [-0.05, 0) is 49.4 Å². The largest absolute Gasteiger partial charge is 0.493 e. The second-order valence-electron chi connectivity index (χ2n) is 8.53. The SMILES string of the molecule is CCCCCC(CCc1cccc2c(=O)[nH]c(-c3ccccc3OCCC)nc12)OS(C)(=O)=O. The summed E-state index contributed by atoms with van der Waals surface area (Å²) in [5.74, 6) is 1.12. The van der Waals surface area contributed by atoms with Gasteiger partial charge in [-0.3, -0.25) is 8.98 Å². The van der Waals surface area contributed by atoms with Crippen LogP contribution in [0.5, 0.6) is 5.75 Å². The molecule has 2 aromatic carbocycles. The van der Waals surface area contributed by atoms with Crippen molar-refractivity contribution < 1.29 is 17.3 Å². The standard InChI is InChI=1S/C26H34N2O5S/c1-4-6-7-12-20(33-34(3,30)31)17-16-19-11-10-14-22-24(19)27-25(28-26(22)29)21-13-8-9-15-23(21)32-18-5-2/h8-11,13-15,20H,4-7,12,16-18H2,1-3H3,(H,27,28,29). The number of benzene rings is 2. The van der Waals surface area contributed by atoms with Crippen LogP contribution in [0.15, 0.2) is 47.3 Å². The molecule has 0 fully saturated rings. The Morgan fingerprint density at radius 1 is 1.00 bits per heavy atom. The van der Waals surface area contributed by atoms with Crippen LogP contribution < -0.4 is 10.3 Å². The molecule has 1 unspecified atom stereocenters. The Bertz CT molecular complexity index is 1250. The molecule has 0 spiro atoms. The molecule has 34 heavy (non-hydrogen) atoms. The minimum absolute atomic E-state index is 0.223. The van der Waals surface area contributed by atoms with Gasteiger partial charge in [0, 0.05) is 0 Å². The summed E-state index contributed by atoms with van der Waals surface area (Å²) >= 11 is 0. The van der Waals surface area contributed by atoms with E-state index in [4.69, 9.17) is 13.9 Å². The third kappa shape index (κ3) is 7.14. The van der Waals surface area contributed by atoms with Crippen LogP contribution >= 0.6 is 0 Å². The minimum atomic E-state index is -3.55. The molecule has 0 saturated heterocycles. The summed E-state index contributed by atoms with van der Waals surface area (Å²) < 4.78 is 34.7. The Labute approximate surface area is 201 Å². The zero-order chi connectivity index (χ0) is 24.6. The van der Waals surface area contributed by atoms with Crippen molar-refractivity contribution in [2.75, 3.05) is 12.9 Å². The lowest BCUT2D eigenvalue weighted by molar-refractivity contribution is 0.187. The van der Waals surface area contributed by atoms with Crippen LogP contribution in [-0.4, -0.2) is 37.4 Å². The maximum atomic E-state index is 12.9. The molecule has 0 aliphatic heterocycles. The predicted molar refractivity (Wildman–Crippen MR) is 136 cm³/mol. The Morgan fingerprint density at radius 3 is 2.53 bits per heavy atom. The Kier molecular flexibility index (Phi) is 9.24.